The number of hydrogen-bond acceptors (Lipinski definition) is 2. The van der Waals surface area contributed by atoms with E-state index < -0.39 is 5.41 Å². The number of ether oxygens (including phenoxy) is 1. The van der Waals surface area contributed by atoms with Gasteiger partial charge in [-0.2, -0.15) is 0 Å². The minimum atomic E-state index is -0.488. The second kappa shape index (κ2) is 13.5. The predicted molar refractivity (Wildman–Crippen MR) is 242 cm³/mol. The largest absolute Gasteiger partial charge is 0.484 e. The Morgan fingerprint density at radius 1 is 0.559 bits per heavy atom. The molecule has 0 saturated carbocycles. The van der Waals surface area contributed by atoms with Gasteiger partial charge in [0.2, 0.25) is 0 Å². The van der Waals surface area contributed by atoms with Crippen LogP contribution < -0.4 is 9.64 Å². The number of anilines is 2. The van der Waals surface area contributed by atoms with Crippen LogP contribution in [0, 0.1) is 0 Å². The molecule has 0 aromatic heterocycles. The van der Waals surface area contributed by atoms with Crippen LogP contribution in [0.15, 0.2) is 224 Å². The van der Waals surface area contributed by atoms with Crippen LogP contribution >= 0.6 is 0 Å². The lowest BCUT2D eigenvalue weighted by Crippen LogP contribution is -2.28. The molecular formula is C57H41NO. The zero-order valence-corrected chi connectivity index (χ0v) is 32.6. The fourth-order valence-electron chi connectivity index (χ4n) is 10.7. The van der Waals surface area contributed by atoms with E-state index in [0.717, 1.165) is 17.9 Å². The fraction of sp³-hybridized carbons (Fsp3) is 0.0877. The maximum atomic E-state index is 6.62. The number of benzene rings is 7. The van der Waals surface area contributed by atoms with Gasteiger partial charge in [0.15, 0.2) is 0 Å². The highest BCUT2D eigenvalue weighted by Gasteiger charge is 2.47. The summed E-state index contributed by atoms with van der Waals surface area (Å²) < 4.78 is 6.62. The summed E-state index contributed by atoms with van der Waals surface area (Å²) in [5, 5.41) is 0. The molecule has 0 amide bonds. The van der Waals surface area contributed by atoms with Gasteiger partial charge in [-0.25, -0.2) is 0 Å². The van der Waals surface area contributed by atoms with Crippen molar-refractivity contribution >= 4 is 23.0 Å². The predicted octanol–water partition coefficient (Wildman–Crippen LogP) is 13.7. The number of para-hydroxylation sites is 1. The van der Waals surface area contributed by atoms with Gasteiger partial charge in [0.1, 0.15) is 11.9 Å². The molecule has 2 nitrogen and oxygen atoms in total. The van der Waals surface area contributed by atoms with E-state index in [4.69, 9.17) is 4.74 Å². The molecule has 0 fully saturated rings. The average molecular weight is 756 g/mol. The van der Waals surface area contributed by atoms with Gasteiger partial charge < -0.3 is 9.64 Å². The second-order valence-corrected chi connectivity index (χ2v) is 16.3. The van der Waals surface area contributed by atoms with Gasteiger partial charge in [-0.05, 0) is 86.8 Å². The number of allylic oxidation sites excluding steroid dienone is 7. The molecule has 4 aliphatic carbocycles. The van der Waals surface area contributed by atoms with E-state index in [0.29, 0.717) is 0 Å². The molecule has 7 aromatic rings. The third-order valence-electron chi connectivity index (χ3n) is 13.3. The summed E-state index contributed by atoms with van der Waals surface area (Å²) >= 11 is 0. The lowest BCUT2D eigenvalue weighted by Gasteiger charge is -2.36. The maximum Gasteiger partial charge on any atom is 0.135 e. The first kappa shape index (κ1) is 33.9. The summed E-state index contributed by atoms with van der Waals surface area (Å²) in [4.78, 5) is 2.56. The average Bonchev–Trinajstić information content (AvgIpc) is 3.85. The zero-order valence-electron chi connectivity index (χ0n) is 32.6. The molecule has 0 N–H and O–H groups in total. The Balaban J connectivity index is 1.04. The molecule has 3 unspecified atom stereocenters. The molecule has 3 atom stereocenters. The van der Waals surface area contributed by atoms with Gasteiger partial charge in [-0.3, -0.25) is 0 Å². The highest BCUT2D eigenvalue weighted by Crippen LogP contribution is 2.59. The number of hydrogen-bond donors (Lipinski definition) is 0. The third kappa shape index (κ3) is 5.12. The summed E-state index contributed by atoms with van der Waals surface area (Å²) in [5.74, 6) is 1.35. The van der Waals surface area contributed by atoms with Crippen molar-refractivity contribution in [1.29, 1.82) is 0 Å². The van der Waals surface area contributed by atoms with Crippen molar-refractivity contribution in [2.24, 2.45) is 0 Å². The third-order valence-corrected chi connectivity index (χ3v) is 13.3. The van der Waals surface area contributed by atoms with E-state index in [9.17, 15) is 0 Å². The second-order valence-electron chi connectivity index (χ2n) is 16.3. The number of rotatable bonds is 6. The van der Waals surface area contributed by atoms with Crippen molar-refractivity contribution in [3.63, 3.8) is 0 Å². The number of fused-ring (bicyclic) bond motifs is 9. The van der Waals surface area contributed by atoms with Gasteiger partial charge in [0, 0.05) is 39.9 Å². The van der Waals surface area contributed by atoms with E-state index in [1.807, 2.05) is 0 Å². The highest BCUT2D eigenvalue weighted by molar-refractivity contribution is 5.96. The molecule has 7 aromatic carbocycles. The first-order chi connectivity index (χ1) is 29.3. The maximum absolute atomic E-state index is 6.62. The first-order valence-electron chi connectivity index (χ1n) is 20.8. The Kier molecular flexibility index (Phi) is 7.74. The Hall–Kier alpha value is -7.16. The smallest absolute Gasteiger partial charge is 0.135 e. The topological polar surface area (TPSA) is 12.5 Å². The van der Waals surface area contributed by atoms with E-state index >= 15 is 0 Å². The molecule has 1 heterocycles. The molecule has 1 aliphatic heterocycles. The van der Waals surface area contributed by atoms with Crippen molar-refractivity contribution < 1.29 is 4.74 Å². The highest BCUT2D eigenvalue weighted by atomic mass is 16.5. The fourth-order valence-corrected chi connectivity index (χ4v) is 10.7. The van der Waals surface area contributed by atoms with Gasteiger partial charge in [-0.15, -0.1) is 0 Å². The molecule has 12 rings (SSSR count). The molecule has 0 bridgehead atoms. The van der Waals surface area contributed by atoms with E-state index in [1.165, 1.54) is 78.2 Å². The van der Waals surface area contributed by atoms with Crippen molar-refractivity contribution in [1.82, 2.24) is 0 Å². The van der Waals surface area contributed by atoms with E-state index in [2.05, 4.69) is 223 Å². The van der Waals surface area contributed by atoms with Crippen molar-refractivity contribution in [2.45, 2.75) is 29.8 Å². The van der Waals surface area contributed by atoms with Crippen molar-refractivity contribution in [2.75, 3.05) is 4.90 Å². The van der Waals surface area contributed by atoms with Crippen LogP contribution in [0.2, 0.25) is 0 Å². The molecule has 59 heavy (non-hydrogen) atoms. The summed E-state index contributed by atoms with van der Waals surface area (Å²) in [5.41, 5.74) is 18.6. The molecule has 0 spiro atoms. The number of nitrogens with zero attached hydrogens (tertiary/aromatic N) is 1. The lowest BCUT2D eigenvalue weighted by atomic mass is 9.68. The van der Waals surface area contributed by atoms with Gasteiger partial charge in [0.25, 0.3) is 0 Å². The molecule has 2 heteroatoms. The summed E-state index contributed by atoms with van der Waals surface area (Å²) in [6, 6.07) is 64.9. The Labute approximate surface area is 346 Å². The van der Waals surface area contributed by atoms with Crippen LogP contribution in [0.1, 0.15) is 62.8 Å². The Morgan fingerprint density at radius 2 is 1.25 bits per heavy atom. The van der Waals surface area contributed by atoms with Crippen molar-refractivity contribution in [3.05, 3.63) is 268 Å². The normalized spacial score (nSPS) is 19.7. The molecule has 0 radical (unpaired) electrons. The van der Waals surface area contributed by atoms with Gasteiger partial charge in [-0.1, -0.05) is 188 Å². The summed E-state index contributed by atoms with van der Waals surface area (Å²) in [7, 11) is 0. The molecule has 5 aliphatic rings. The Bertz CT molecular complexity index is 2910. The van der Waals surface area contributed by atoms with Crippen LogP contribution in [0.3, 0.4) is 0 Å². The first-order valence-corrected chi connectivity index (χ1v) is 20.8. The van der Waals surface area contributed by atoms with Crippen LogP contribution in [0.4, 0.5) is 11.4 Å². The SMILES string of the molecule is C1=CC(c2ccc(N(C3=CC=C4C=Cc5ccccc5C4C3)c3cccc4c3-c3ccccc3C4(c3ccccc3)c3ccccc3)cc2)C2Oc3ccccc3C2=C1. The van der Waals surface area contributed by atoms with E-state index in [-0.39, 0.29) is 17.9 Å². The summed E-state index contributed by atoms with van der Waals surface area (Å²) in [6.45, 7) is 0. The Morgan fingerprint density at radius 3 is 2.07 bits per heavy atom. The zero-order chi connectivity index (χ0) is 38.9. The monoisotopic (exact) mass is 755 g/mol. The minimum absolute atomic E-state index is 0.0404. The molecule has 280 valence electrons. The van der Waals surface area contributed by atoms with Crippen LogP contribution in [-0.4, -0.2) is 6.10 Å². The molecular weight excluding hydrogens is 715 g/mol. The quantitative estimate of drug-likeness (QED) is 0.168. The van der Waals surface area contributed by atoms with E-state index in [1.54, 1.807) is 0 Å². The minimum Gasteiger partial charge on any atom is -0.484 e. The van der Waals surface area contributed by atoms with Gasteiger partial charge >= 0.3 is 0 Å². The van der Waals surface area contributed by atoms with Crippen molar-refractivity contribution in [3.8, 4) is 16.9 Å². The standard InChI is InChI=1S/C57H41NO/c1-3-16-41(17-4-1)57(42-18-5-2-6-19-42)51-25-11-9-22-49(51)55-52(57)26-14-27-53(55)58(44-36-33-40-30-29-38-15-7-8-20-45(38)50(40)37-44)43-34-31-39(32-35-43)46-23-13-24-48-47-21-10-12-28-54(47)59-56(46)48/h1-36,46,50,56H,37H2. The molecule has 0 saturated heterocycles. The van der Waals surface area contributed by atoms with Gasteiger partial charge in [0.05, 0.1) is 11.1 Å². The summed E-state index contributed by atoms with van der Waals surface area (Å²) in [6.07, 6.45) is 16.9. The van der Waals surface area contributed by atoms with Crippen LogP contribution in [0.5, 0.6) is 5.75 Å². The van der Waals surface area contributed by atoms with Crippen LogP contribution in [-0.2, 0) is 5.41 Å². The van der Waals surface area contributed by atoms with Crippen LogP contribution in [0.25, 0.3) is 22.8 Å². The lowest BCUT2D eigenvalue weighted by molar-refractivity contribution is 0.258.